The Morgan fingerprint density at radius 1 is 1.27 bits per heavy atom. The third-order valence-corrected chi connectivity index (χ3v) is 3.04. The number of imidazole rings is 1. The van der Waals surface area contributed by atoms with E-state index in [0.717, 1.165) is 5.56 Å². The fourth-order valence-electron chi connectivity index (χ4n) is 1.99. The van der Waals surface area contributed by atoms with Crippen LogP contribution < -0.4 is 5.32 Å². The zero-order valence-corrected chi connectivity index (χ0v) is 11.5. The number of hydrogen-bond acceptors (Lipinski definition) is 4. The first-order valence-electron chi connectivity index (χ1n) is 6.62. The van der Waals surface area contributed by atoms with E-state index in [9.17, 15) is 4.79 Å². The summed E-state index contributed by atoms with van der Waals surface area (Å²) < 4.78 is 5.11. The van der Waals surface area contributed by atoms with Crippen molar-refractivity contribution < 1.29 is 9.53 Å². The van der Waals surface area contributed by atoms with Gasteiger partial charge in [-0.2, -0.15) is 5.26 Å². The molecule has 0 spiro atoms. The molecule has 108 valence electrons. The second-order valence-electron chi connectivity index (χ2n) is 4.62. The number of anilines is 1. The first kappa shape index (κ1) is 13.6. The van der Waals surface area contributed by atoms with Crippen LogP contribution in [0.2, 0.25) is 0 Å². The monoisotopic (exact) mass is 292 g/mol. The van der Waals surface area contributed by atoms with Crippen molar-refractivity contribution in [3.63, 3.8) is 0 Å². The van der Waals surface area contributed by atoms with Crippen molar-refractivity contribution in [2.45, 2.75) is 6.61 Å². The highest BCUT2D eigenvalue weighted by Crippen LogP contribution is 2.16. The van der Waals surface area contributed by atoms with Crippen LogP contribution in [0.3, 0.4) is 0 Å². The summed E-state index contributed by atoms with van der Waals surface area (Å²) in [6, 6.07) is 16.5. The fourth-order valence-corrected chi connectivity index (χ4v) is 1.99. The van der Waals surface area contributed by atoms with Crippen LogP contribution in [0.4, 0.5) is 10.7 Å². The van der Waals surface area contributed by atoms with Crippen molar-refractivity contribution in [3.05, 3.63) is 59.7 Å². The molecule has 2 N–H and O–H groups in total. The Bertz CT molecular complexity index is 849. The maximum Gasteiger partial charge on any atom is 0.414 e. The Kier molecular flexibility index (Phi) is 3.70. The van der Waals surface area contributed by atoms with Gasteiger partial charge < -0.3 is 9.72 Å². The minimum absolute atomic E-state index is 0.186. The summed E-state index contributed by atoms with van der Waals surface area (Å²) in [5.74, 6) is 0.281. The van der Waals surface area contributed by atoms with E-state index >= 15 is 0 Å². The molecule has 0 atom stereocenters. The molecule has 3 rings (SSSR count). The van der Waals surface area contributed by atoms with Gasteiger partial charge in [0.1, 0.15) is 6.61 Å². The number of benzene rings is 2. The maximum absolute atomic E-state index is 11.7. The predicted octanol–water partition coefficient (Wildman–Crippen LogP) is 3.18. The molecule has 0 aliphatic heterocycles. The standard InChI is InChI=1S/C16H12N4O2/c17-9-12-6-7-13-14(8-12)19-15(18-13)20-16(21)22-10-11-4-2-1-3-5-11/h1-8H,10H2,(H2,18,19,20,21). The molecule has 22 heavy (non-hydrogen) atoms. The quantitative estimate of drug-likeness (QED) is 0.775. The number of hydrogen-bond donors (Lipinski definition) is 2. The molecule has 0 bridgehead atoms. The zero-order chi connectivity index (χ0) is 15.4. The van der Waals surface area contributed by atoms with Crippen LogP contribution in [0.5, 0.6) is 0 Å². The third kappa shape index (κ3) is 3.04. The Morgan fingerprint density at radius 3 is 2.86 bits per heavy atom. The maximum atomic E-state index is 11.7. The van der Waals surface area contributed by atoms with Crippen LogP contribution in [-0.4, -0.2) is 16.1 Å². The Hall–Kier alpha value is -3.33. The Labute approximate surface area is 126 Å². The van der Waals surface area contributed by atoms with E-state index in [1.165, 1.54) is 0 Å². The van der Waals surface area contributed by atoms with Crippen molar-refractivity contribution in [3.8, 4) is 6.07 Å². The van der Waals surface area contributed by atoms with E-state index in [2.05, 4.69) is 15.3 Å². The van der Waals surface area contributed by atoms with Gasteiger partial charge in [0.2, 0.25) is 5.95 Å². The summed E-state index contributed by atoms with van der Waals surface area (Å²) in [7, 11) is 0. The molecule has 6 nitrogen and oxygen atoms in total. The van der Waals surface area contributed by atoms with E-state index in [1.54, 1.807) is 18.2 Å². The molecule has 3 aromatic rings. The number of fused-ring (bicyclic) bond motifs is 1. The number of ether oxygens (including phenoxy) is 1. The number of nitriles is 1. The zero-order valence-electron chi connectivity index (χ0n) is 11.5. The summed E-state index contributed by atoms with van der Waals surface area (Å²) in [5, 5.41) is 11.4. The number of nitrogens with one attached hydrogen (secondary N) is 2. The highest BCUT2D eigenvalue weighted by molar-refractivity contribution is 5.86. The van der Waals surface area contributed by atoms with Crippen LogP contribution in [0, 0.1) is 11.3 Å². The van der Waals surface area contributed by atoms with Gasteiger partial charge in [-0.3, -0.25) is 5.32 Å². The molecular formula is C16H12N4O2. The van der Waals surface area contributed by atoms with E-state index in [1.807, 2.05) is 36.4 Å². The molecule has 0 aliphatic carbocycles. The lowest BCUT2D eigenvalue weighted by molar-refractivity contribution is 0.155. The smallest absolute Gasteiger partial charge is 0.414 e. The second kappa shape index (κ2) is 5.97. The van der Waals surface area contributed by atoms with E-state index in [4.69, 9.17) is 10.00 Å². The van der Waals surface area contributed by atoms with Gasteiger partial charge >= 0.3 is 6.09 Å². The lowest BCUT2D eigenvalue weighted by Gasteiger charge is -2.04. The number of aromatic nitrogens is 2. The summed E-state index contributed by atoms with van der Waals surface area (Å²) in [6.07, 6.45) is -0.594. The normalized spacial score (nSPS) is 10.1. The van der Waals surface area contributed by atoms with Gasteiger partial charge in [-0.05, 0) is 23.8 Å². The highest BCUT2D eigenvalue weighted by atomic mass is 16.5. The first-order chi connectivity index (χ1) is 10.7. The minimum Gasteiger partial charge on any atom is -0.444 e. The lowest BCUT2D eigenvalue weighted by Crippen LogP contribution is -2.14. The van der Waals surface area contributed by atoms with E-state index in [0.29, 0.717) is 16.6 Å². The molecule has 0 fully saturated rings. The summed E-state index contributed by atoms with van der Waals surface area (Å²) in [4.78, 5) is 18.9. The molecule has 0 saturated heterocycles. The van der Waals surface area contributed by atoms with Crippen LogP contribution in [-0.2, 0) is 11.3 Å². The van der Waals surface area contributed by atoms with Gasteiger partial charge in [0.25, 0.3) is 0 Å². The first-order valence-corrected chi connectivity index (χ1v) is 6.62. The third-order valence-electron chi connectivity index (χ3n) is 3.04. The van der Waals surface area contributed by atoms with Crippen molar-refractivity contribution in [1.82, 2.24) is 9.97 Å². The fraction of sp³-hybridized carbons (Fsp3) is 0.0625. The van der Waals surface area contributed by atoms with Crippen LogP contribution >= 0.6 is 0 Å². The molecule has 0 unspecified atom stereocenters. The predicted molar refractivity (Wildman–Crippen MR) is 81.1 cm³/mol. The molecule has 0 saturated carbocycles. The van der Waals surface area contributed by atoms with Gasteiger partial charge in [-0.1, -0.05) is 30.3 Å². The van der Waals surface area contributed by atoms with Crippen molar-refractivity contribution in [2.24, 2.45) is 0 Å². The number of rotatable bonds is 3. The van der Waals surface area contributed by atoms with Crippen molar-refractivity contribution in [1.29, 1.82) is 5.26 Å². The molecule has 0 radical (unpaired) electrons. The van der Waals surface area contributed by atoms with Crippen LogP contribution in [0.15, 0.2) is 48.5 Å². The average Bonchev–Trinajstić information content (AvgIpc) is 2.95. The number of carbonyl (C=O) groups excluding carboxylic acids is 1. The molecule has 6 heteroatoms. The topological polar surface area (TPSA) is 90.8 Å². The minimum atomic E-state index is -0.594. The molecule has 0 aliphatic rings. The van der Waals surface area contributed by atoms with Crippen molar-refractivity contribution in [2.75, 3.05) is 5.32 Å². The van der Waals surface area contributed by atoms with E-state index in [-0.39, 0.29) is 12.6 Å². The summed E-state index contributed by atoms with van der Waals surface area (Å²) in [6.45, 7) is 0.186. The van der Waals surface area contributed by atoms with E-state index < -0.39 is 6.09 Å². The van der Waals surface area contributed by atoms with Gasteiger partial charge in [-0.25, -0.2) is 9.78 Å². The Morgan fingerprint density at radius 2 is 2.09 bits per heavy atom. The van der Waals surface area contributed by atoms with Gasteiger partial charge in [0.05, 0.1) is 22.7 Å². The van der Waals surface area contributed by atoms with Crippen LogP contribution in [0.25, 0.3) is 11.0 Å². The molecule has 1 heterocycles. The number of amides is 1. The van der Waals surface area contributed by atoms with Crippen LogP contribution in [0.1, 0.15) is 11.1 Å². The van der Waals surface area contributed by atoms with Gasteiger partial charge in [-0.15, -0.1) is 0 Å². The number of carbonyl (C=O) groups is 1. The molecule has 1 amide bonds. The average molecular weight is 292 g/mol. The molecular weight excluding hydrogens is 280 g/mol. The number of H-pyrrole nitrogens is 1. The second-order valence-corrected chi connectivity index (χ2v) is 4.62. The molecule has 2 aromatic carbocycles. The number of nitrogens with zero attached hydrogens (tertiary/aromatic N) is 2. The molecule has 1 aromatic heterocycles. The summed E-state index contributed by atoms with van der Waals surface area (Å²) >= 11 is 0. The highest BCUT2D eigenvalue weighted by Gasteiger charge is 2.08. The lowest BCUT2D eigenvalue weighted by atomic mass is 10.2. The van der Waals surface area contributed by atoms with Crippen molar-refractivity contribution >= 4 is 23.1 Å². The summed E-state index contributed by atoms with van der Waals surface area (Å²) in [5.41, 5.74) is 2.77. The number of aromatic amines is 1. The Balaban J connectivity index is 1.65. The SMILES string of the molecule is N#Cc1ccc2nc(NC(=O)OCc3ccccc3)[nH]c2c1. The van der Waals surface area contributed by atoms with Gasteiger partial charge in [0, 0.05) is 0 Å². The van der Waals surface area contributed by atoms with Gasteiger partial charge in [0.15, 0.2) is 0 Å². The largest absolute Gasteiger partial charge is 0.444 e.